The molecule has 0 bridgehead atoms. The SMILES string of the molecule is CCc1cc2ccccc2[cH-]1.CCc1cc2ccccc2[cH-]1.C[CH-]C.[CH-]=[SiH2].[Zr+4]. The van der Waals surface area contributed by atoms with E-state index >= 15 is 0 Å². The first-order valence-corrected chi connectivity index (χ1v) is 10.5. The number of rotatable bonds is 2. The average Bonchev–Trinajstić information content (AvgIpc) is 3.34. The average molecular weight is 464 g/mol. The predicted molar refractivity (Wildman–Crippen MR) is 128 cm³/mol. The van der Waals surface area contributed by atoms with Crippen LogP contribution in [0, 0.1) is 6.42 Å². The molecule has 0 aliphatic heterocycles. The van der Waals surface area contributed by atoms with Gasteiger partial charge in [0, 0.05) is 0 Å². The molecule has 0 aromatic heterocycles. The maximum Gasteiger partial charge on any atom is 4.00 e. The molecule has 0 amide bonds. The van der Waals surface area contributed by atoms with E-state index in [4.69, 9.17) is 0 Å². The van der Waals surface area contributed by atoms with E-state index in [1.165, 1.54) is 42.5 Å². The van der Waals surface area contributed by atoms with Crippen molar-refractivity contribution in [2.24, 2.45) is 0 Å². The molecule has 0 heterocycles. The van der Waals surface area contributed by atoms with E-state index in [1.807, 2.05) is 20.3 Å². The maximum absolute atomic E-state index is 4.53. The van der Waals surface area contributed by atoms with Crippen LogP contribution in [-0.4, -0.2) is 16.0 Å². The second-order valence-electron chi connectivity index (χ2n) is 6.27. The van der Waals surface area contributed by atoms with Crippen molar-refractivity contribution >= 4 is 37.6 Å². The Labute approximate surface area is 193 Å². The zero-order chi connectivity index (χ0) is 20.1. The van der Waals surface area contributed by atoms with Gasteiger partial charge < -0.3 is 12.6 Å². The molecule has 0 aliphatic rings. The number of hydrogen-bond acceptors (Lipinski definition) is 0. The third-order valence-electron chi connectivity index (χ3n) is 4.17. The first-order chi connectivity index (χ1) is 13.2. The van der Waals surface area contributed by atoms with Crippen LogP contribution >= 0.6 is 0 Å². The molecular weight excluding hydrogens is 432 g/mol. The van der Waals surface area contributed by atoms with Crippen molar-refractivity contribution in [2.75, 3.05) is 0 Å². The van der Waals surface area contributed by atoms with Gasteiger partial charge in [-0.25, -0.2) is 9.85 Å². The van der Waals surface area contributed by atoms with Crippen molar-refractivity contribution in [2.45, 2.75) is 40.5 Å². The van der Waals surface area contributed by atoms with Crippen molar-refractivity contribution in [3.05, 3.63) is 90.3 Å². The van der Waals surface area contributed by atoms with Crippen molar-refractivity contribution in [3.63, 3.8) is 0 Å². The topological polar surface area (TPSA) is 0 Å². The van der Waals surface area contributed by atoms with Gasteiger partial charge in [-0.3, -0.25) is 0 Å². The van der Waals surface area contributed by atoms with E-state index in [0.29, 0.717) is 0 Å². The van der Waals surface area contributed by atoms with Gasteiger partial charge in [-0.1, -0.05) is 26.0 Å². The summed E-state index contributed by atoms with van der Waals surface area (Å²) in [7, 11) is 1.36. The molecule has 28 heavy (non-hydrogen) atoms. The van der Waals surface area contributed by atoms with Crippen LogP contribution in [0.4, 0.5) is 0 Å². The molecular formula is C26H32SiZr. The summed E-state index contributed by atoms with van der Waals surface area (Å²) in [6.07, 6.45) is 8.80. The Kier molecular flexibility index (Phi) is 14.8. The standard InChI is InChI=1S/2C11H11.C3H7.CH3Si.Zr/c2*1-2-9-7-10-5-3-4-6-11(10)8-9;1-3-2;1-2;/h2*3-8H,2H2,1H3;3H,1-2H3;1H,2H2;/q4*-1;+4. The Balaban J connectivity index is 0.000000413. The molecule has 0 saturated heterocycles. The maximum atomic E-state index is 4.53. The van der Waals surface area contributed by atoms with Crippen LogP contribution in [0.1, 0.15) is 38.8 Å². The first-order valence-electron chi connectivity index (χ1n) is 9.65. The molecule has 0 fully saturated rings. The molecule has 144 valence electrons. The number of aryl methyl sites for hydroxylation is 2. The van der Waals surface area contributed by atoms with Crippen molar-refractivity contribution in [1.29, 1.82) is 0 Å². The van der Waals surface area contributed by atoms with Gasteiger partial charge in [0.15, 0.2) is 0 Å². The Morgan fingerprint density at radius 1 is 0.750 bits per heavy atom. The summed E-state index contributed by atoms with van der Waals surface area (Å²) in [5.41, 5.74) is 2.87. The summed E-state index contributed by atoms with van der Waals surface area (Å²) in [6.45, 7) is 8.38. The van der Waals surface area contributed by atoms with Gasteiger partial charge in [0.2, 0.25) is 0 Å². The van der Waals surface area contributed by atoms with E-state index < -0.39 is 0 Å². The molecule has 0 spiro atoms. The molecule has 0 atom stereocenters. The van der Waals surface area contributed by atoms with Gasteiger partial charge in [0.25, 0.3) is 0 Å². The van der Waals surface area contributed by atoms with Gasteiger partial charge in [-0.2, -0.15) is 26.0 Å². The molecule has 4 aromatic carbocycles. The molecule has 0 radical (unpaired) electrons. The van der Waals surface area contributed by atoms with E-state index in [2.05, 4.69) is 92.8 Å². The third-order valence-corrected chi connectivity index (χ3v) is 4.17. The van der Waals surface area contributed by atoms with Crippen molar-refractivity contribution in [1.82, 2.24) is 0 Å². The molecule has 0 aliphatic carbocycles. The normalized spacial score (nSPS) is 9.14. The number of hydrogen-bond donors (Lipinski definition) is 0. The summed E-state index contributed by atoms with van der Waals surface area (Å²) in [4.78, 5) is 0. The Bertz CT molecular complexity index is 761. The zero-order valence-corrected chi connectivity index (χ0v) is 21.6. The monoisotopic (exact) mass is 462 g/mol. The number of benzene rings is 2. The van der Waals surface area contributed by atoms with Gasteiger partial charge in [-0.05, 0) is 12.8 Å². The van der Waals surface area contributed by atoms with E-state index in [-0.39, 0.29) is 26.2 Å². The van der Waals surface area contributed by atoms with Gasteiger partial charge >= 0.3 is 26.2 Å². The summed E-state index contributed by atoms with van der Waals surface area (Å²) >= 11 is 0. The molecule has 2 heteroatoms. The van der Waals surface area contributed by atoms with E-state index in [0.717, 1.165) is 12.8 Å². The summed E-state index contributed by atoms with van der Waals surface area (Å²) < 4.78 is 0. The molecule has 0 N–H and O–H groups in total. The molecule has 0 nitrogen and oxygen atoms in total. The minimum atomic E-state index is 0. The minimum absolute atomic E-state index is 0. The Morgan fingerprint density at radius 3 is 1.36 bits per heavy atom. The fraction of sp³-hybridized carbons (Fsp3) is 0.231. The van der Waals surface area contributed by atoms with Crippen LogP contribution in [0.3, 0.4) is 0 Å². The first kappa shape index (κ1) is 26.6. The smallest absolute Gasteiger partial charge is 0.533 e. The molecule has 0 unspecified atom stereocenters. The predicted octanol–water partition coefficient (Wildman–Crippen LogP) is 6.40. The number of fused-ring (bicyclic) bond motifs is 2. The van der Waals surface area contributed by atoms with Crippen LogP contribution < -0.4 is 0 Å². The Hall–Kier alpha value is -1.37. The van der Waals surface area contributed by atoms with Crippen molar-refractivity contribution in [3.8, 4) is 0 Å². The molecule has 4 aromatic rings. The largest absolute Gasteiger partial charge is 4.00 e. The molecule has 0 saturated carbocycles. The quantitative estimate of drug-likeness (QED) is 0.238. The van der Waals surface area contributed by atoms with E-state index in [9.17, 15) is 0 Å². The van der Waals surface area contributed by atoms with Crippen molar-refractivity contribution < 1.29 is 26.2 Å². The van der Waals surface area contributed by atoms with Crippen LogP contribution in [0.25, 0.3) is 21.5 Å². The summed E-state index contributed by atoms with van der Waals surface area (Å²) in [5.74, 6) is 0. The third kappa shape index (κ3) is 8.33. The van der Waals surface area contributed by atoms with Crippen LogP contribution in [0.5, 0.6) is 0 Å². The fourth-order valence-corrected chi connectivity index (χ4v) is 2.84. The van der Waals surface area contributed by atoms with E-state index in [1.54, 1.807) is 0 Å². The second-order valence-corrected chi connectivity index (χ2v) is 6.27. The van der Waals surface area contributed by atoms with Crippen LogP contribution in [-0.2, 0) is 39.0 Å². The van der Waals surface area contributed by atoms with Gasteiger partial charge in [0.1, 0.15) is 0 Å². The summed E-state index contributed by atoms with van der Waals surface area (Å²) in [5, 5.41) is 5.46. The fourth-order valence-electron chi connectivity index (χ4n) is 2.84. The van der Waals surface area contributed by atoms with Crippen LogP contribution in [0.2, 0.25) is 0 Å². The second kappa shape index (κ2) is 15.5. The van der Waals surface area contributed by atoms with Gasteiger partial charge in [-0.15, -0.1) is 81.2 Å². The molecule has 4 rings (SSSR count). The Morgan fingerprint density at radius 2 is 1.07 bits per heavy atom. The minimum Gasteiger partial charge on any atom is -0.533 e. The zero-order valence-electron chi connectivity index (χ0n) is 17.7. The summed E-state index contributed by atoms with van der Waals surface area (Å²) in [6, 6.07) is 26.0. The van der Waals surface area contributed by atoms with Gasteiger partial charge in [0.05, 0.1) is 0 Å². The van der Waals surface area contributed by atoms with Crippen LogP contribution in [0.15, 0.2) is 72.8 Å².